The highest BCUT2D eigenvalue weighted by atomic mass is 35.5. The van der Waals surface area contributed by atoms with Crippen molar-refractivity contribution in [3.63, 3.8) is 0 Å². The van der Waals surface area contributed by atoms with Crippen LogP contribution in [0.25, 0.3) is 5.65 Å². The maximum absolute atomic E-state index is 15.1. The molecular formula is C28H25ClF4N4O2. The third kappa shape index (κ3) is 6.11. The maximum Gasteiger partial charge on any atom is 0.573 e. The smallest absolute Gasteiger partial charge is 0.406 e. The molecule has 5 rings (SSSR count). The van der Waals surface area contributed by atoms with Crippen molar-refractivity contribution >= 4 is 28.8 Å². The predicted molar refractivity (Wildman–Crippen MR) is 140 cm³/mol. The Balaban J connectivity index is 1.18. The molecule has 204 valence electrons. The van der Waals surface area contributed by atoms with Crippen LogP contribution in [0.15, 0.2) is 60.8 Å². The Morgan fingerprint density at radius 2 is 1.82 bits per heavy atom. The van der Waals surface area contributed by atoms with Crippen LogP contribution in [0.5, 0.6) is 5.75 Å². The summed E-state index contributed by atoms with van der Waals surface area (Å²) < 4.78 is 57.8. The Hall–Kier alpha value is -3.79. The molecule has 0 atom stereocenters. The molecule has 2 aromatic carbocycles. The number of imidazole rings is 1. The van der Waals surface area contributed by atoms with Crippen LogP contribution < -0.4 is 15.0 Å². The van der Waals surface area contributed by atoms with Gasteiger partial charge in [-0.1, -0.05) is 29.8 Å². The first kappa shape index (κ1) is 26.8. The molecule has 1 amide bonds. The van der Waals surface area contributed by atoms with Gasteiger partial charge in [-0.15, -0.1) is 13.2 Å². The summed E-state index contributed by atoms with van der Waals surface area (Å²) in [6.07, 6.45) is -1.57. The summed E-state index contributed by atoms with van der Waals surface area (Å²) in [6, 6.07) is 14.2. The second kappa shape index (κ2) is 10.8. The zero-order valence-electron chi connectivity index (χ0n) is 20.9. The Kier molecular flexibility index (Phi) is 7.40. The van der Waals surface area contributed by atoms with Crippen molar-refractivity contribution in [3.8, 4) is 5.75 Å². The summed E-state index contributed by atoms with van der Waals surface area (Å²) in [5.74, 6) is -0.792. The van der Waals surface area contributed by atoms with Crippen molar-refractivity contribution in [1.82, 2.24) is 14.7 Å². The van der Waals surface area contributed by atoms with E-state index in [1.165, 1.54) is 18.2 Å². The number of nitrogens with zero attached hydrogens (tertiary/aromatic N) is 3. The number of carbonyl (C=O) groups is 1. The quantitative estimate of drug-likeness (QED) is 0.268. The van der Waals surface area contributed by atoms with Crippen LogP contribution in [0.3, 0.4) is 0 Å². The lowest BCUT2D eigenvalue weighted by atomic mass is 9.89. The zero-order chi connectivity index (χ0) is 27.7. The fraction of sp³-hybridized carbons (Fsp3) is 0.286. The number of rotatable bonds is 6. The van der Waals surface area contributed by atoms with Crippen molar-refractivity contribution in [2.75, 3.05) is 18.0 Å². The maximum atomic E-state index is 15.1. The van der Waals surface area contributed by atoms with E-state index in [1.54, 1.807) is 53.9 Å². The Labute approximate surface area is 227 Å². The molecule has 1 aliphatic rings. The van der Waals surface area contributed by atoms with Gasteiger partial charge < -0.3 is 15.0 Å². The number of aryl methyl sites for hydroxylation is 1. The minimum absolute atomic E-state index is 0.145. The number of pyridine rings is 1. The van der Waals surface area contributed by atoms with E-state index in [0.717, 1.165) is 18.4 Å². The normalized spacial score (nSPS) is 14.6. The number of benzene rings is 2. The summed E-state index contributed by atoms with van der Waals surface area (Å²) in [6.45, 7) is 3.10. The molecule has 1 N–H and O–H groups in total. The van der Waals surface area contributed by atoms with Gasteiger partial charge in [0.2, 0.25) is 0 Å². The van der Waals surface area contributed by atoms with Crippen LogP contribution in [-0.2, 0) is 6.54 Å². The van der Waals surface area contributed by atoms with Crippen LogP contribution in [0, 0.1) is 12.7 Å². The number of hydrogen-bond acceptors (Lipinski definition) is 4. The topological polar surface area (TPSA) is 58.9 Å². The monoisotopic (exact) mass is 560 g/mol. The molecule has 0 saturated carbocycles. The molecule has 2 aromatic heterocycles. The van der Waals surface area contributed by atoms with E-state index in [2.05, 4.69) is 15.0 Å². The fourth-order valence-corrected chi connectivity index (χ4v) is 5.14. The molecule has 0 spiro atoms. The van der Waals surface area contributed by atoms with Crippen LogP contribution in [-0.4, -0.2) is 34.7 Å². The van der Waals surface area contributed by atoms with Gasteiger partial charge in [0.1, 0.15) is 22.9 Å². The summed E-state index contributed by atoms with van der Waals surface area (Å²) in [4.78, 5) is 19.2. The van der Waals surface area contributed by atoms with Crippen molar-refractivity contribution < 1.29 is 27.1 Å². The lowest BCUT2D eigenvalue weighted by Crippen LogP contribution is -2.33. The number of aromatic nitrogens is 2. The van der Waals surface area contributed by atoms with Gasteiger partial charge >= 0.3 is 6.36 Å². The van der Waals surface area contributed by atoms with Crippen LogP contribution >= 0.6 is 11.6 Å². The number of amides is 1. The fourth-order valence-electron chi connectivity index (χ4n) is 4.99. The van der Waals surface area contributed by atoms with Crippen molar-refractivity contribution in [2.45, 2.75) is 38.6 Å². The average Bonchev–Trinajstić information content (AvgIpc) is 3.22. The lowest BCUT2D eigenvalue weighted by Gasteiger charge is -2.34. The van der Waals surface area contributed by atoms with Gasteiger partial charge in [-0.25, -0.2) is 9.37 Å². The Morgan fingerprint density at radius 3 is 2.49 bits per heavy atom. The van der Waals surface area contributed by atoms with Gasteiger partial charge in [0.25, 0.3) is 5.91 Å². The van der Waals surface area contributed by atoms with Crippen molar-refractivity contribution in [1.29, 1.82) is 0 Å². The highest BCUT2D eigenvalue weighted by molar-refractivity contribution is 6.30. The first-order chi connectivity index (χ1) is 18.6. The van der Waals surface area contributed by atoms with Crippen LogP contribution in [0.2, 0.25) is 5.02 Å². The molecule has 0 radical (unpaired) electrons. The SMILES string of the molecule is Cc1nc2cc(Cl)ccn2c1C(=O)NCc1ccc(N2CCC(c3ccc(OC(F)(F)F)cc3)CC2)c(F)c1. The number of anilines is 1. The average molecular weight is 561 g/mol. The summed E-state index contributed by atoms with van der Waals surface area (Å²) >= 11 is 6.01. The first-order valence-electron chi connectivity index (χ1n) is 12.4. The predicted octanol–water partition coefficient (Wildman–Crippen LogP) is 6.65. The lowest BCUT2D eigenvalue weighted by molar-refractivity contribution is -0.274. The first-order valence-corrected chi connectivity index (χ1v) is 12.8. The minimum atomic E-state index is -4.72. The molecule has 1 aliphatic heterocycles. The Morgan fingerprint density at radius 1 is 1.10 bits per heavy atom. The number of fused-ring (bicyclic) bond motifs is 1. The van der Waals surface area contributed by atoms with E-state index in [9.17, 15) is 18.0 Å². The van der Waals surface area contributed by atoms with E-state index >= 15 is 4.39 Å². The molecule has 0 aliphatic carbocycles. The van der Waals surface area contributed by atoms with Crippen LogP contribution in [0.1, 0.15) is 46.1 Å². The molecule has 0 bridgehead atoms. The summed E-state index contributed by atoms with van der Waals surface area (Å²) in [5.41, 5.74) is 3.55. The molecule has 6 nitrogen and oxygen atoms in total. The van der Waals surface area contributed by atoms with Gasteiger partial charge in [0, 0.05) is 36.9 Å². The van der Waals surface area contributed by atoms with E-state index in [4.69, 9.17) is 11.6 Å². The number of ether oxygens (including phenoxy) is 1. The van der Waals surface area contributed by atoms with Gasteiger partial charge in [0.15, 0.2) is 0 Å². The zero-order valence-corrected chi connectivity index (χ0v) is 21.7. The third-order valence-corrected chi connectivity index (χ3v) is 7.10. The minimum Gasteiger partial charge on any atom is -0.406 e. The molecular weight excluding hydrogens is 536 g/mol. The van der Waals surface area contributed by atoms with Gasteiger partial charge in [-0.3, -0.25) is 9.20 Å². The number of carbonyl (C=O) groups excluding carboxylic acids is 1. The van der Waals surface area contributed by atoms with Gasteiger partial charge in [-0.05, 0) is 67.1 Å². The number of piperidine rings is 1. The van der Waals surface area contributed by atoms with Crippen molar-refractivity contribution in [3.05, 3.63) is 94.1 Å². The molecule has 3 heterocycles. The second-order valence-electron chi connectivity index (χ2n) is 9.47. The molecule has 0 unspecified atom stereocenters. The van der Waals surface area contributed by atoms with E-state index in [-0.39, 0.29) is 29.9 Å². The molecule has 39 heavy (non-hydrogen) atoms. The Bertz CT molecular complexity index is 1500. The number of alkyl halides is 3. The van der Waals surface area contributed by atoms with E-state index < -0.39 is 6.36 Å². The van der Waals surface area contributed by atoms with E-state index in [0.29, 0.717) is 46.4 Å². The number of halogens is 5. The van der Waals surface area contributed by atoms with Crippen LogP contribution in [0.4, 0.5) is 23.2 Å². The van der Waals surface area contributed by atoms with Gasteiger partial charge in [-0.2, -0.15) is 0 Å². The van der Waals surface area contributed by atoms with Gasteiger partial charge in [0.05, 0.1) is 11.4 Å². The number of hydrogen-bond donors (Lipinski definition) is 1. The standard InChI is InChI=1S/C28H25ClF4N4O2/c1-17-26(37-13-10-21(29)15-25(37)35-17)27(38)34-16-18-2-7-24(23(30)14-18)36-11-8-20(9-12-36)19-3-5-22(6-4-19)39-28(31,32)33/h2-7,10,13-15,20H,8-9,11-12,16H2,1H3,(H,34,38). The highest BCUT2D eigenvalue weighted by Gasteiger charge is 2.31. The van der Waals surface area contributed by atoms with Crippen molar-refractivity contribution in [2.24, 2.45) is 0 Å². The number of nitrogens with one attached hydrogen (secondary N) is 1. The molecule has 1 saturated heterocycles. The highest BCUT2D eigenvalue weighted by Crippen LogP contribution is 2.33. The molecule has 11 heteroatoms. The largest absolute Gasteiger partial charge is 0.573 e. The summed E-state index contributed by atoms with van der Waals surface area (Å²) in [5, 5.41) is 3.35. The summed E-state index contributed by atoms with van der Waals surface area (Å²) in [7, 11) is 0. The molecule has 4 aromatic rings. The van der Waals surface area contributed by atoms with E-state index in [1.807, 2.05) is 4.90 Å². The second-order valence-corrected chi connectivity index (χ2v) is 9.90. The third-order valence-electron chi connectivity index (χ3n) is 6.86. The molecule has 1 fully saturated rings.